The summed E-state index contributed by atoms with van der Waals surface area (Å²) in [6.45, 7) is 0.962. The number of hydroxylamine groups is 1. The average molecular weight is 387 g/mol. The van der Waals surface area contributed by atoms with Crippen molar-refractivity contribution in [2.24, 2.45) is 0 Å². The minimum absolute atomic E-state index is 0.0200. The highest BCUT2D eigenvalue weighted by Gasteiger charge is 2.18. The molecule has 1 fully saturated rings. The van der Waals surface area contributed by atoms with Crippen LogP contribution in [0.3, 0.4) is 0 Å². The minimum Gasteiger partial charge on any atom is -0.376 e. The zero-order valence-corrected chi connectivity index (χ0v) is 14.8. The van der Waals surface area contributed by atoms with E-state index in [-0.39, 0.29) is 18.5 Å². The fourth-order valence-corrected chi connectivity index (χ4v) is 3.05. The van der Waals surface area contributed by atoms with Crippen molar-refractivity contribution < 1.29 is 28.9 Å². The lowest BCUT2D eigenvalue weighted by Crippen LogP contribution is -2.18. The summed E-state index contributed by atoms with van der Waals surface area (Å²) in [6, 6.07) is 8.91. The molecule has 0 bridgehead atoms. The van der Waals surface area contributed by atoms with Crippen molar-refractivity contribution in [3.05, 3.63) is 47.8 Å². The van der Waals surface area contributed by atoms with Gasteiger partial charge in [0.05, 0.1) is 11.6 Å². The first-order chi connectivity index (χ1) is 13.6. The maximum atomic E-state index is 13.9. The number of hydrogen-bond acceptors (Lipinski definition) is 6. The monoisotopic (exact) mass is 387 g/mol. The highest BCUT2D eigenvalue weighted by Crippen LogP contribution is 2.29. The second-order valence-corrected chi connectivity index (χ2v) is 6.41. The zero-order valence-electron chi connectivity index (χ0n) is 14.8. The second-order valence-electron chi connectivity index (χ2n) is 6.41. The van der Waals surface area contributed by atoms with Crippen LogP contribution in [-0.4, -0.2) is 40.4 Å². The number of ether oxygens (including phenoxy) is 1. The first-order valence-corrected chi connectivity index (χ1v) is 8.79. The van der Waals surface area contributed by atoms with Gasteiger partial charge in [-0.1, -0.05) is 12.1 Å². The Hall–Kier alpha value is -3.01. The van der Waals surface area contributed by atoms with Gasteiger partial charge in [0.25, 0.3) is 5.91 Å². The molecule has 0 aliphatic carbocycles. The van der Waals surface area contributed by atoms with E-state index in [1.54, 1.807) is 17.6 Å². The largest absolute Gasteiger partial charge is 0.376 e. The van der Waals surface area contributed by atoms with Crippen LogP contribution >= 0.6 is 0 Å². The summed E-state index contributed by atoms with van der Waals surface area (Å²) in [6.07, 6.45) is 1.87. The van der Waals surface area contributed by atoms with Crippen molar-refractivity contribution in [2.45, 2.75) is 18.9 Å². The predicted molar refractivity (Wildman–Crippen MR) is 96.3 cm³/mol. The Morgan fingerprint density at radius 1 is 1.36 bits per heavy atom. The molecule has 1 amide bonds. The lowest BCUT2D eigenvalue weighted by Gasteiger charge is -2.09. The Bertz CT molecular complexity index is 983. The van der Waals surface area contributed by atoms with Crippen LogP contribution in [0.2, 0.25) is 0 Å². The van der Waals surface area contributed by atoms with Gasteiger partial charge in [-0.2, -0.15) is 4.89 Å². The number of aromatic nitrogens is 2. The van der Waals surface area contributed by atoms with Crippen molar-refractivity contribution in [1.82, 2.24) is 15.4 Å². The number of benzene rings is 2. The zero-order chi connectivity index (χ0) is 19.5. The van der Waals surface area contributed by atoms with Crippen molar-refractivity contribution in [3.63, 3.8) is 0 Å². The van der Waals surface area contributed by atoms with Gasteiger partial charge in [0.2, 0.25) is 0 Å². The topological polar surface area (TPSA) is 106 Å². The van der Waals surface area contributed by atoms with Gasteiger partial charge < -0.3 is 14.6 Å². The van der Waals surface area contributed by atoms with E-state index in [0.29, 0.717) is 34.6 Å². The van der Waals surface area contributed by atoms with Crippen LogP contribution < -0.4 is 10.4 Å². The first-order valence-electron chi connectivity index (χ1n) is 8.79. The van der Waals surface area contributed by atoms with Gasteiger partial charge in [-0.25, -0.2) is 14.9 Å². The van der Waals surface area contributed by atoms with Gasteiger partial charge in [0.1, 0.15) is 23.8 Å². The van der Waals surface area contributed by atoms with E-state index in [1.165, 1.54) is 24.3 Å². The number of carbonyl (C=O) groups is 1. The second kappa shape index (κ2) is 7.93. The molecule has 146 valence electrons. The van der Waals surface area contributed by atoms with Crippen molar-refractivity contribution in [1.29, 1.82) is 0 Å². The van der Waals surface area contributed by atoms with Crippen LogP contribution in [0.15, 0.2) is 36.4 Å². The normalized spacial score (nSPS) is 16.4. The fraction of sp³-hybridized carbons (Fsp3) is 0.263. The maximum absolute atomic E-state index is 13.9. The molecular weight excluding hydrogens is 369 g/mol. The number of carbonyl (C=O) groups excluding carboxylic acids is 1. The number of fused-ring (bicyclic) bond motifs is 1. The van der Waals surface area contributed by atoms with Crippen LogP contribution in [0.5, 0.6) is 5.75 Å². The highest BCUT2D eigenvalue weighted by atomic mass is 19.1. The van der Waals surface area contributed by atoms with Gasteiger partial charge in [0.15, 0.2) is 5.75 Å². The van der Waals surface area contributed by atoms with Crippen molar-refractivity contribution >= 4 is 16.9 Å². The van der Waals surface area contributed by atoms with E-state index >= 15 is 0 Å². The van der Waals surface area contributed by atoms with Gasteiger partial charge in [-0.3, -0.25) is 10.0 Å². The third-order valence-electron chi connectivity index (χ3n) is 4.47. The molecule has 1 unspecified atom stereocenters. The quantitative estimate of drug-likeness (QED) is 0.341. The van der Waals surface area contributed by atoms with Crippen LogP contribution in [0.1, 0.15) is 23.2 Å². The molecule has 1 aliphatic rings. The van der Waals surface area contributed by atoms with E-state index < -0.39 is 11.7 Å². The molecule has 2 heterocycles. The molecule has 0 saturated carbocycles. The van der Waals surface area contributed by atoms with E-state index in [4.69, 9.17) is 19.7 Å². The molecule has 1 aliphatic heterocycles. The molecule has 1 atom stereocenters. The Morgan fingerprint density at radius 2 is 2.18 bits per heavy atom. The van der Waals surface area contributed by atoms with Crippen LogP contribution in [-0.2, 0) is 9.62 Å². The fourth-order valence-electron chi connectivity index (χ4n) is 3.05. The lowest BCUT2D eigenvalue weighted by molar-refractivity contribution is -0.223. The summed E-state index contributed by atoms with van der Waals surface area (Å²) in [5.74, 6) is -0.474. The molecule has 1 aromatic heterocycles. The summed E-state index contributed by atoms with van der Waals surface area (Å²) in [5.41, 5.74) is 3.41. The number of amides is 1. The average Bonchev–Trinajstić information content (AvgIpc) is 3.37. The number of rotatable bonds is 6. The summed E-state index contributed by atoms with van der Waals surface area (Å²) >= 11 is 0. The SMILES string of the molecule is O=C(NO)c1ccc(-c2nc3c(OOCC4CCCO4)cc(F)cc3[nH]2)cc1. The van der Waals surface area contributed by atoms with Crippen LogP contribution in [0.25, 0.3) is 22.4 Å². The number of nitrogens with zero attached hydrogens (tertiary/aromatic N) is 1. The number of nitrogens with one attached hydrogen (secondary N) is 2. The number of aromatic amines is 1. The third-order valence-corrected chi connectivity index (χ3v) is 4.47. The molecule has 1 saturated heterocycles. The Morgan fingerprint density at radius 3 is 2.89 bits per heavy atom. The molecule has 9 heteroatoms. The standard InChI is InChI=1S/C19H18FN3O5/c20-13-8-15-17(16(9-13)28-27-10-14-2-1-7-26-14)22-18(21-15)11-3-5-12(6-4-11)19(24)23-25/h3-6,8-9,14,25H,1-2,7,10H2,(H,21,22)(H,23,24). The Kier molecular flexibility index (Phi) is 5.20. The molecule has 2 aromatic carbocycles. The number of hydrogen-bond donors (Lipinski definition) is 3. The third kappa shape index (κ3) is 3.81. The van der Waals surface area contributed by atoms with Crippen LogP contribution in [0, 0.1) is 5.82 Å². The first kappa shape index (κ1) is 18.4. The molecule has 3 aromatic rings. The molecule has 0 spiro atoms. The van der Waals surface area contributed by atoms with Gasteiger partial charge in [0, 0.05) is 23.8 Å². The Labute approximate surface area is 159 Å². The van der Waals surface area contributed by atoms with E-state index in [0.717, 1.165) is 12.8 Å². The summed E-state index contributed by atoms with van der Waals surface area (Å²) in [7, 11) is 0. The number of H-pyrrole nitrogens is 1. The predicted octanol–water partition coefficient (Wildman–Crippen LogP) is 2.98. The summed E-state index contributed by atoms with van der Waals surface area (Å²) in [4.78, 5) is 29.4. The molecular formula is C19H18FN3O5. The molecule has 28 heavy (non-hydrogen) atoms. The summed E-state index contributed by atoms with van der Waals surface area (Å²) in [5, 5.41) is 8.68. The van der Waals surface area contributed by atoms with Crippen molar-refractivity contribution in [3.8, 4) is 17.1 Å². The molecule has 3 N–H and O–H groups in total. The smallest absolute Gasteiger partial charge is 0.274 e. The van der Waals surface area contributed by atoms with E-state index in [9.17, 15) is 9.18 Å². The molecule has 8 nitrogen and oxygen atoms in total. The minimum atomic E-state index is -0.614. The van der Waals surface area contributed by atoms with Gasteiger partial charge in [-0.15, -0.1) is 0 Å². The van der Waals surface area contributed by atoms with Gasteiger partial charge in [-0.05, 0) is 31.0 Å². The van der Waals surface area contributed by atoms with E-state index in [1.807, 2.05) is 0 Å². The number of imidazole rings is 1. The molecule has 0 radical (unpaired) electrons. The van der Waals surface area contributed by atoms with E-state index in [2.05, 4.69) is 9.97 Å². The number of halogens is 1. The highest BCUT2D eigenvalue weighted by molar-refractivity contribution is 5.94. The Balaban J connectivity index is 1.56. The van der Waals surface area contributed by atoms with Crippen LogP contribution in [0.4, 0.5) is 4.39 Å². The van der Waals surface area contributed by atoms with Gasteiger partial charge >= 0.3 is 0 Å². The maximum Gasteiger partial charge on any atom is 0.274 e. The molecule has 4 rings (SSSR count). The lowest BCUT2D eigenvalue weighted by atomic mass is 10.1. The summed E-state index contributed by atoms with van der Waals surface area (Å²) < 4.78 is 19.4. The van der Waals surface area contributed by atoms with Crippen molar-refractivity contribution in [2.75, 3.05) is 13.2 Å².